The number of hydrogen-bond acceptors (Lipinski definition) is 3. The number of aromatic nitrogens is 1. The van der Waals surface area contributed by atoms with Crippen LogP contribution in [0.25, 0.3) is 10.9 Å². The second-order valence-electron chi connectivity index (χ2n) is 4.53. The lowest BCUT2D eigenvalue weighted by molar-refractivity contribution is 1.19. The van der Waals surface area contributed by atoms with Crippen molar-refractivity contribution in [3.63, 3.8) is 0 Å². The molecule has 3 aromatic rings. The van der Waals surface area contributed by atoms with E-state index in [1.54, 1.807) is 11.3 Å². The summed E-state index contributed by atoms with van der Waals surface area (Å²) in [6, 6.07) is 8.06. The third kappa shape index (κ3) is 2.68. The summed E-state index contributed by atoms with van der Waals surface area (Å²) in [7, 11) is 0. The first kappa shape index (κ1) is 13.9. The van der Waals surface area contributed by atoms with Crippen molar-refractivity contribution in [1.82, 2.24) is 4.98 Å². The number of aryl methyl sites for hydroxylation is 1. The normalized spacial score (nSPS) is 10.9. The van der Waals surface area contributed by atoms with Crippen LogP contribution >= 0.6 is 38.9 Å². The van der Waals surface area contributed by atoms with Crippen molar-refractivity contribution in [2.45, 2.75) is 13.5 Å². The molecule has 0 amide bonds. The first-order chi connectivity index (χ1) is 9.65. The van der Waals surface area contributed by atoms with Gasteiger partial charge in [-0.2, -0.15) is 0 Å². The number of anilines is 1. The number of fused-ring (bicyclic) bond motifs is 1. The van der Waals surface area contributed by atoms with Gasteiger partial charge in [0, 0.05) is 32.9 Å². The molecule has 0 saturated heterocycles. The molecule has 2 aromatic heterocycles. The molecule has 2 nitrogen and oxygen atoms in total. The molecule has 2 heterocycles. The number of thiophene rings is 1. The Balaban J connectivity index is 1.98. The largest absolute Gasteiger partial charge is 0.378 e. The van der Waals surface area contributed by atoms with E-state index in [0.717, 1.165) is 38.2 Å². The van der Waals surface area contributed by atoms with Crippen LogP contribution in [0, 0.1) is 6.92 Å². The third-order valence-corrected chi connectivity index (χ3v) is 5.09. The van der Waals surface area contributed by atoms with Gasteiger partial charge in [-0.1, -0.05) is 11.6 Å². The summed E-state index contributed by atoms with van der Waals surface area (Å²) in [4.78, 5) is 5.69. The van der Waals surface area contributed by atoms with Crippen molar-refractivity contribution in [3.8, 4) is 0 Å². The molecule has 0 fully saturated rings. The number of rotatable bonds is 3. The number of benzene rings is 1. The van der Waals surface area contributed by atoms with E-state index in [9.17, 15) is 0 Å². The highest BCUT2D eigenvalue weighted by molar-refractivity contribution is 9.10. The average molecular weight is 368 g/mol. The van der Waals surface area contributed by atoms with E-state index in [-0.39, 0.29) is 0 Å². The number of hydrogen-bond donors (Lipinski definition) is 1. The topological polar surface area (TPSA) is 24.9 Å². The average Bonchev–Trinajstić information content (AvgIpc) is 2.84. The van der Waals surface area contributed by atoms with Crippen LogP contribution in [-0.2, 0) is 6.54 Å². The molecule has 0 atom stereocenters. The van der Waals surface area contributed by atoms with Crippen molar-refractivity contribution in [1.29, 1.82) is 0 Å². The van der Waals surface area contributed by atoms with Crippen LogP contribution in [0.3, 0.4) is 0 Å². The Morgan fingerprint density at radius 3 is 3.00 bits per heavy atom. The van der Waals surface area contributed by atoms with Crippen molar-refractivity contribution in [2.75, 3.05) is 5.32 Å². The fraction of sp³-hybridized carbons (Fsp3) is 0.133. The zero-order chi connectivity index (χ0) is 14.1. The van der Waals surface area contributed by atoms with Gasteiger partial charge in [0.05, 0.1) is 16.2 Å². The molecule has 1 aromatic carbocycles. The Bertz CT molecular complexity index is 770. The summed E-state index contributed by atoms with van der Waals surface area (Å²) in [6.45, 7) is 2.78. The lowest BCUT2D eigenvalue weighted by Gasteiger charge is -2.12. The Morgan fingerprint density at radius 2 is 2.25 bits per heavy atom. The molecular weight excluding hydrogens is 356 g/mol. The molecule has 0 aliphatic rings. The fourth-order valence-electron chi connectivity index (χ4n) is 2.18. The maximum absolute atomic E-state index is 6.38. The van der Waals surface area contributed by atoms with Crippen molar-refractivity contribution in [2.24, 2.45) is 0 Å². The van der Waals surface area contributed by atoms with Crippen LogP contribution in [0.4, 0.5) is 5.69 Å². The van der Waals surface area contributed by atoms with Gasteiger partial charge in [0.15, 0.2) is 0 Å². The Morgan fingerprint density at radius 1 is 1.40 bits per heavy atom. The molecule has 3 rings (SSSR count). The molecule has 20 heavy (non-hydrogen) atoms. The van der Waals surface area contributed by atoms with E-state index in [1.165, 1.54) is 4.88 Å². The molecule has 0 aliphatic heterocycles. The predicted octanol–water partition coefficient (Wildman–Crippen LogP) is 5.63. The highest BCUT2D eigenvalue weighted by Gasteiger charge is 2.09. The van der Waals surface area contributed by atoms with E-state index in [4.69, 9.17) is 11.6 Å². The lowest BCUT2D eigenvalue weighted by Crippen LogP contribution is -2.00. The standard InChI is InChI=1S/C15H12BrClN2S/c1-9-5-13(17)15(12-3-2-4-18-14(9)12)19-7-11-6-10(16)8-20-11/h2-6,8,19H,7H2,1H3. The highest BCUT2D eigenvalue weighted by Crippen LogP contribution is 2.33. The number of nitrogens with one attached hydrogen (secondary N) is 1. The monoisotopic (exact) mass is 366 g/mol. The van der Waals surface area contributed by atoms with Crippen LogP contribution < -0.4 is 5.32 Å². The smallest absolute Gasteiger partial charge is 0.0752 e. The van der Waals surface area contributed by atoms with Gasteiger partial charge < -0.3 is 5.32 Å². The first-order valence-corrected chi connectivity index (χ1v) is 8.21. The second-order valence-corrected chi connectivity index (χ2v) is 6.85. The molecule has 5 heteroatoms. The van der Waals surface area contributed by atoms with E-state index in [1.807, 2.05) is 31.3 Å². The minimum absolute atomic E-state index is 0.735. The summed E-state index contributed by atoms with van der Waals surface area (Å²) < 4.78 is 1.11. The zero-order valence-corrected chi connectivity index (χ0v) is 13.9. The van der Waals surface area contributed by atoms with Gasteiger partial charge in [0.25, 0.3) is 0 Å². The Kier molecular flexibility index (Phi) is 3.96. The Labute approximate surface area is 134 Å². The summed E-state index contributed by atoms with van der Waals surface area (Å²) in [5.41, 5.74) is 3.03. The van der Waals surface area contributed by atoms with Crippen molar-refractivity contribution >= 4 is 55.5 Å². The molecular formula is C15H12BrClN2S. The van der Waals surface area contributed by atoms with Crippen LogP contribution in [0.2, 0.25) is 5.02 Å². The fourth-order valence-corrected chi connectivity index (χ4v) is 3.91. The molecule has 102 valence electrons. The van der Waals surface area contributed by atoms with Gasteiger partial charge in [-0.25, -0.2) is 0 Å². The van der Waals surface area contributed by atoms with E-state index in [2.05, 4.69) is 37.7 Å². The van der Waals surface area contributed by atoms with Gasteiger partial charge in [0.2, 0.25) is 0 Å². The van der Waals surface area contributed by atoms with Crippen LogP contribution in [0.15, 0.2) is 40.3 Å². The van der Waals surface area contributed by atoms with Gasteiger partial charge in [-0.15, -0.1) is 11.3 Å². The minimum Gasteiger partial charge on any atom is -0.378 e. The molecule has 0 spiro atoms. The molecule has 0 unspecified atom stereocenters. The summed E-state index contributed by atoms with van der Waals surface area (Å²) in [6.07, 6.45) is 1.81. The number of pyridine rings is 1. The van der Waals surface area contributed by atoms with E-state index >= 15 is 0 Å². The third-order valence-electron chi connectivity index (χ3n) is 3.09. The first-order valence-electron chi connectivity index (χ1n) is 6.16. The molecule has 0 radical (unpaired) electrons. The van der Waals surface area contributed by atoms with E-state index in [0.29, 0.717) is 0 Å². The summed E-state index contributed by atoms with van der Waals surface area (Å²) in [5, 5.41) is 7.31. The van der Waals surface area contributed by atoms with Gasteiger partial charge in [-0.05, 0) is 52.7 Å². The van der Waals surface area contributed by atoms with Crippen molar-refractivity contribution < 1.29 is 0 Å². The molecule has 1 N–H and O–H groups in total. The quantitative estimate of drug-likeness (QED) is 0.648. The number of nitrogens with zero attached hydrogens (tertiary/aromatic N) is 1. The minimum atomic E-state index is 0.735. The van der Waals surface area contributed by atoms with Crippen LogP contribution in [-0.4, -0.2) is 4.98 Å². The maximum atomic E-state index is 6.38. The van der Waals surface area contributed by atoms with Crippen molar-refractivity contribution in [3.05, 3.63) is 55.8 Å². The molecule has 0 bridgehead atoms. The molecule has 0 saturated carbocycles. The van der Waals surface area contributed by atoms with Crippen LogP contribution in [0.5, 0.6) is 0 Å². The number of halogens is 2. The zero-order valence-electron chi connectivity index (χ0n) is 10.8. The second kappa shape index (κ2) is 5.72. The lowest BCUT2D eigenvalue weighted by atomic mass is 10.1. The molecule has 0 aliphatic carbocycles. The van der Waals surface area contributed by atoms with Gasteiger partial charge in [0.1, 0.15) is 0 Å². The summed E-state index contributed by atoms with van der Waals surface area (Å²) in [5.74, 6) is 0. The van der Waals surface area contributed by atoms with Crippen LogP contribution in [0.1, 0.15) is 10.4 Å². The van der Waals surface area contributed by atoms with Gasteiger partial charge >= 0.3 is 0 Å². The Hall–Kier alpha value is -1.10. The van der Waals surface area contributed by atoms with Gasteiger partial charge in [-0.3, -0.25) is 4.98 Å². The predicted molar refractivity (Wildman–Crippen MR) is 90.8 cm³/mol. The summed E-state index contributed by atoms with van der Waals surface area (Å²) >= 11 is 11.6. The maximum Gasteiger partial charge on any atom is 0.0752 e. The highest BCUT2D eigenvalue weighted by atomic mass is 79.9. The SMILES string of the molecule is Cc1cc(Cl)c(NCc2cc(Br)cs2)c2cccnc12. The van der Waals surface area contributed by atoms with E-state index < -0.39 is 0 Å².